The molecule has 62 heavy (non-hydrogen) atoms. The second kappa shape index (κ2) is 49.8. The largest absolute Gasteiger partial charge is 0.462 e. The molecule has 0 saturated heterocycles. The average molecular weight is 870 g/mol. The first kappa shape index (κ1) is 59.8. The predicted molar refractivity (Wildman–Crippen MR) is 269 cm³/mol. The summed E-state index contributed by atoms with van der Waals surface area (Å²) in [6.07, 6.45) is 60.3. The van der Waals surface area contributed by atoms with Crippen LogP contribution in [0.4, 0.5) is 0 Å². The Kier molecular flexibility index (Phi) is 48.1. The van der Waals surface area contributed by atoms with Crippen molar-refractivity contribution in [2.24, 2.45) is 0 Å². The van der Waals surface area contributed by atoms with Gasteiger partial charge >= 0.3 is 5.97 Å². The fourth-order valence-electron chi connectivity index (χ4n) is 8.21. The summed E-state index contributed by atoms with van der Waals surface area (Å²) < 4.78 is 5.92. The van der Waals surface area contributed by atoms with Gasteiger partial charge in [0.05, 0.1) is 25.2 Å². The predicted octanol–water partition coefficient (Wildman–Crippen LogP) is 16.2. The molecule has 0 saturated carbocycles. The van der Waals surface area contributed by atoms with E-state index in [1.165, 1.54) is 161 Å². The lowest BCUT2D eigenvalue weighted by Crippen LogP contribution is -2.46. The third kappa shape index (κ3) is 44.4. The van der Waals surface area contributed by atoms with E-state index in [0.29, 0.717) is 19.3 Å². The molecule has 0 aromatic heterocycles. The Balaban J connectivity index is 4.54. The number of ether oxygens (including phenoxy) is 1. The van der Waals surface area contributed by atoms with Crippen LogP contribution in [0.2, 0.25) is 0 Å². The van der Waals surface area contributed by atoms with Crippen LogP contribution in [0.1, 0.15) is 271 Å². The van der Waals surface area contributed by atoms with Crippen molar-refractivity contribution in [1.29, 1.82) is 0 Å². The summed E-state index contributed by atoms with van der Waals surface area (Å²) in [6, 6.07) is -0.708. The first-order valence-electron chi connectivity index (χ1n) is 26.9. The molecule has 3 atom stereocenters. The fraction of sp³-hybridized carbons (Fsp3) is 0.821. The molecule has 0 bridgehead atoms. The van der Waals surface area contributed by atoms with Gasteiger partial charge < -0.3 is 20.3 Å². The number of allylic oxidation sites excluding steroid dienone is 8. The maximum atomic E-state index is 13.2. The van der Waals surface area contributed by atoms with E-state index in [2.05, 4.69) is 50.4 Å². The highest BCUT2D eigenvalue weighted by atomic mass is 16.5. The number of unbranched alkanes of at least 4 members (excludes halogenated alkanes) is 31. The fourth-order valence-corrected chi connectivity index (χ4v) is 8.21. The van der Waals surface area contributed by atoms with Crippen LogP contribution in [-0.2, 0) is 14.3 Å². The van der Waals surface area contributed by atoms with E-state index in [1.54, 1.807) is 0 Å². The van der Waals surface area contributed by atoms with Crippen molar-refractivity contribution in [1.82, 2.24) is 5.32 Å². The summed E-state index contributed by atoms with van der Waals surface area (Å²) >= 11 is 0. The molecular weight excluding hydrogens is 767 g/mol. The molecular formula is C56H103NO5. The molecule has 3 N–H and O–H groups in total. The molecule has 0 radical (unpaired) electrons. The molecule has 0 rings (SSSR count). The summed E-state index contributed by atoms with van der Waals surface area (Å²) in [5, 5.41) is 23.8. The lowest BCUT2D eigenvalue weighted by atomic mass is 10.0. The molecule has 0 aromatic rings. The molecule has 0 aliphatic heterocycles. The molecule has 0 fully saturated rings. The van der Waals surface area contributed by atoms with Crippen molar-refractivity contribution < 1.29 is 24.5 Å². The zero-order chi connectivity index (χ0) is 45.2. The Hall–Kier alpha value is -2.18. The van der Waals surface area contributed by atoms with Gasteiger partial charge in [0.1, 0.15) is 6.10 Å². The van der Waals surface area contributed by atoms with Gasteiger partial charge in [0.15, 0.2) is 0 Å². The smallest absolute Gasteiger partial charge is 0.306 e. The van der Waals surface area contributed by atoms with Crippen LogP contribution in [0.5, 0.6) is 0 Å². The highest BCUT2D eigenvalue weighted by Crippen LogP contribution is 2.18. The quantitative estimate of drug-likeness (QED) is 0.0322. The number of aliphatic hydroxyl groups excluding tert-OH is 2. The number of hydrogen-bond acceptors (Lipinski definition) is 5. The topological polar surface area (TPSA) is 95.9 Å². The maximum Gasteiger partial charge on any atom is 0.306 e. The highest BCUT2D eigenvalue weighted by molar-refractivity contribution is 5.77. The van der Waals surface area contributed by atoms with Crippen LogP contribution >= 0.6 is 0 Å². The standard InChI is InChI=1S/C56H103NO5/c1-4-7-10-13-16-19-22-25-26-27-28-31-33-36-39-42-45-48-54(59)53(51-58)57-55(60)50-52(47-44-41-38-35-32-29-23-20-17-14-11-8-5-2)62-56(61)49-46-43-40-37-34-30-24-21-18-15-12-9-6-3/h9,12,15,18,21,24,30,34,52-54,58-59H,4-8,10-11,13-14,16-17,19-20,22-23,25-29,31-33,35-51H2,1-3H3,(H,57,60)/b12-9+,18-15+,24-21-,34-30-. The number of amides is 1. The van der Waals surface area contributed by atoms with E-state index in [-0.39, 0.29) is 24.9 Å². The third-order valence-electron chi connectivity index (χ3n) is 12.3. The maximum absolute atomic E-state index is 13.2. The second-order valence-corrected chi connectivity index (χ2v) is 18.4. The third-order valence-corrected chi connectivity index (χ3v) is 12.3. The highest BCUT2D eigenvalue weighted by Gasteiger charge is 2.24. The van der Waals surface area contributed by atoms with Gasteiger partial charge in [-0.05, 0) is 44.9 Å². The van der Waals surface area contributed by atoms with E-state index in [1.807, 2.05) is 24.3 Å². The number of carbonyl (C=O) groups excluding carboxylic acids is 2. The first-order valence-corrected chi connectivity index (χ1v) is 26.9. The van der Waals surface area contributed by atoms with Gasteiger partial charge in [0, 0.05) is 6.42 Å². The lowest BCUT2D eigenvalue weighted by Gasteiger charge is -2.24. The Morgan fingerprint density at radius 2 is 0.871 bits per heavy atom. The molecule has 362 valence electrons. The van der Waals surface area contributed by atoms with Crippen LogP contribution in [0, 0.1) is 0 Å². The van der Waals surface area contributed by atoms with Crippen LogP contribution in [0.25, 0.3) is 0 Å². The number of esters is 1. The van der Waals surface area contributed by atoms with Gasteiger partial charge in [-0.15, -0.1) is 0 Å². The number of carbonyl (C=O) groups is 2. The van der Waals surface area contributed by atoms with Gasteiger partial charge in [-0.25, -0.2) is 0 Å². The summed E-state index contributed by atoms with van der Waals surface area (Å²) in [5.41, 5.74) is 0. The number of hydrogen-bond donors (Lipinski definition) is 3. The Labute approximate surface area is 385 Å². The zero-order valence-corrected chi connectivity index (χ0v) is 41.3. The molecule has 0 heterocycles. The SMILES string of the molecule is CC/C=C/C=C/C=C\C=C/CCCCCC(=O)OC(CCCCCCCCCCCCCCC)CC(=O)NC(CO)C(O)CCCCCCCCCCCCCCCCCCC. The minimum absolute atomic E-state index is 0.0642. The van der Waals surface area contributed by atoms with E-state index >= 15 is 0 Å². The molecule has 6 heteroatoms. The minimum Gasteiger partial charge on any atom is -0.462 e. The van der Waals surface area contributed by atoms with Gasteiger partial charge in [-0.3, -0.25) is 9.59 Å². The molecule has 6 nitrogen and oxygen atoms in total. The van der Waals surface area contributed by atoms with Crippen molar-refractivity contribution >= 4 is 11.9 Å². The lowest BCUT2D eigenvalue weighted by molar-refractivity contribution is -0.151. The Bertz CT molecular complexity index is 1070. The van der Waals surface area contributed by atoms with Crippen molar-refractivity contribution in [3.05, 3.63) is 48.6 Å². The zero-order valence-electron chi connectivity index (χ0n) is 41.3. The van der Waals surface area contributed by atoms with E-state index < -0.39 is 18.2 Å². The summed E-state index contributed by atoms with van der Waals surface area (Å²) in [4.78, 5) is 26.1. The van der Waals surface area contributed by atoms with Gasteiger partial charge in [-0.1, -0.05) is 262 Å². The monoisotopic (exact) mass is 870 g/mol. The number of nitrogens with one attached hydrogen (secondary N) is 1. The molecule has 0 aromatic carbocycles. The molecule has 0 aliphatic rings. The Morgan fingerprint density at radius 3 is 1.31 bits per heavy atom. The molecule has 3 unspecified atom stereocenters. The number of aliphatic hydroxyl groups is 2. The van der Waals surface area contributed by atoms with Crippen molar-refractivity contribution in [3.63, 3.8) is 0 Å². The van der Waals surface area contributed by atoms with Crippen molar-refractivity contribution in [3.8, 4) is 0 Å². The van der Waals surface area contributed by atoms with Gasteiger partial charge in [0.2, 0.25) is 5.91 Å². The van der Waals surface area contributed by atoms with E-state index in [9.17, 15) is 19.8 Å². The summed E-state index contributed by atoms with van der Waals surface area (Å²) in [7, 11) is 0. The van der Waals surface area contributed by atoms with E-state index in [4.69, 9.17) is 4.74 Å². The van der Waals surface area contributed by atoms with Crippen LogP contribution < -0.4 is 5.32 Å². The minimum atomic E-state index is -0.793. The molecule has 1 amide bonds. The molecule has 0 aliphatic carbocycles. The first-order chi connectivity index (χ1) is 30.5. The summed E-state index contributed by atoms with van der Waals surface area (Å²) in [5.74, 6) is -0.510. The van der Waals surface area contributed by atoms with Crippen molar-refractivity contribution in [2.45, 2.75) is 289 Å². The van der Waals surface area contributed by atoms with Crippen LogP contribution in [-0.4, -0.2) is 46.9 Å². The molecule has 0 spiro atoms. The van der Waals surface area contributed by atoms with Gasteiger partial charge in [0.25, 0.3) is 0 Å². The number of rotatable bonds is 48. The van der Waals surface area contributed by atoms with Crippen molar-refractivity contribution in [2.75, 3.05) is 6.61 Å². The van der Waals surface area contributed by atoms with Crippen LogP contribution in [0.15, 0.2) is 48.6 Å². The summed E-state index contributed by atoms with van der Waals surface area (Å²) in [6.45, 7) is 6.36. The normalized spacial score (nSPS) is 13.6. The van der Waals surface area contributed by atoms with E-state index in [0.717, 1.165) is 64.2 Å². The average Bonchev–Trinajstić information content (AvgIpc) is 3.26. The van der Waals surface area contributed by atoms with Gasteiger partial charge in [-0.2, -0.15) is 0 Å². The Morgan fingerprint density at radius 1 is 0.484 bits per heavy atom. The second-order valence-electron chi connectivity index (χ2n) is 18.4. The van der Waals surface area contributed by atoms with Crippen LogP contribution in [0.3, 0.4) is 0 Å².